The fraction of sp³-hybridized carbons (Fsp3) is 0.571. The summed E-state index contributed by atoms with van der Waals surface area (Å²) in [6.07, 6.45) is -5.19. The van der Waals surface area contributed by atoms with E-state index in [9.17, 15) is 20.0 Å². The predicted molar refractivity (Wildman–Crippen MR) is 159 cm³/mol. The zero-order valence-electron chi connectivity index (χ0n) is 22.3. The summed E-state index contributed by atoms with van der Waals surface area (Å²) in [5.41, 5.74) is 13.0. The number of aliphatic hydroxyl groups is 2. The monoisotopic (exact) mass is 691 g/mol. The lowest BCUT2D eigenvalue weighted by Gasteiger charge is -2.34. The largest absolute Gasteiger partial charge is 0.397 e. The second-order valence-corrected chi connectivity index (χ2v) is 16.0. The van der Waals surface area contributed by atoms with Crippen LogP contribution >= 0.6 is 13.4 Å². The van der Waals surface area contributed by atoms with E-state index in [1.807, 2.05) is 0 Å². The summed E-state index contributed by atoms with van der Waals surface area (Å²) in [7, 11) is 0. The molecule has 19 nitrogen and oxygen atoms in total. The third-order valence-corrected chi connectivity index (χ3v) is 10.8. The molecule has 5 aliphatic rings. The van der Waals surface area contributed by atoms with Crippen molar-refractivity contribution >= 4 is 72.4 Å². The van der Waals surface area contributed by atoms with E-state index in [1.54, 1.807) is 6.07 Å². The molecule has 12 atom stereocenters. The number of fused-ring (bicyclic) bond motifs is 5. The molecule has 2 aromatic rings. The maximum absolute atomic E-state index is 11.3. The first-order valence-electron chi connectivity index (χ1n) is 13.1. The van der Waals surface area contributed by atoms with Crippen LogP contribution in [0.5, 0.6) is 0 Å². The molecule has 0 saturated carbocycles. The summed E-state index contributed by atoms with van der Waals surface area (Å²) >= 11 is 10.5. The highest BCUT2D eigenvalue weighted by Crippen LogP contribution is 2.53. The first-order chi connectivity index (χ1) is 20.9. The van der Waals surface area contributed by atoms with E-state index < -0.39 is 87.9 Å². The Morgan fingerprint density at radius 1 is 0.909 bits per heavy atom. The van der Waals surface area contributed by atoms with Gasteiger partial charge in [-0.3, -0.25) is 18.6 Å². The van der Waals surface area contributed by atoms with E-state index in [-0.39, 0.29) is 5.84 Å². The fourth-order valence-corrected chi connectivity index (χ4v) is 8.43. The SMILES string of the molecule is NC1=NC=NC2C1N=CN2C1OC2COP(O)(=S)OC3C(COP(O)(=S)OC1C2O)OC(n1cnc2c(N)ccnc21)C3O. The van der Waals surface area contributed by atoms with Gasteiger partial charge in [0.25, 0.3) is 0 Å². The van der Waals surface area contributed by atoms with Gasteiger partial charge in [-0.25, -0.2) is 20.0 Å². The second-order valence-electron chi connectivity index (χ2n) is 10.4. The van der Waals surface area contributed by atoms with Gasteiger partial charge >= 0.3 is 13.4 Å². The Balaban J connectivity index is 1.16. The van der Waals surface area contributed by atoms with Crippen molar-refractivity contribution in [2.75, 3.05) is 18.9 Å². The first-order valence-corrected chi connectivity index (χ1v) is 18.3. The van der Waals surface area contributed by atoms with Gasteiger partial charge in [0.1, 0.15) is 60.4 Å². The van der Waals surface area contributed by atoms with Crippen molar-refractivity contribution in [2.45, 2.75) is 61.3 Å². The minimum atomic E-state index is -4.14. The average Bonchev–Trinajstić information content (AvgIpc) is 3.73. The van der Waals surface area contributed by atoms with Crippen LogP contribution < -0.4 is 11.5 Å². The maximum atomic E-state index is 11.3. The first kappa shape index (κ1) is 30.6. The molecule has 2 aromatic heterocycles. The number of aliphatic hydroxyl groups excluding tert-OH is 2. The van der Waals surface area contributed by atoms with Crippen LogP contribution in [0.2, 0.25) is 0 Å². The van der Waals surface area contributed by atoms with Crippen molar-refractivity contribution in [1.82, 2.24) is 19.4 Å². The number of hydrogen-bond acceptors (Lipinski definition) is 18. The molecule has 23 heteroatoms. The normalized spacial score (nSPS) is 44.1. The number of pyridine rings is 1. The number of nitrogens with two attached hydrogens (primary N) is 2. The van der Waals surface area contributed by atoms with E-state index in [0.29, 0.717) is 16.9 Å². The third kappa shape index (κ3) is 5.39. The zero-order valence-corrected chi connectivity index (χ0v) is 25.7. The highest BCUT2D eigenvalue weighted by Gasteiger charge is 2.55. The van der Waals surface area contributed by atoms with Gasteiger partial charge in [0.05, 0.1) is 31.6 Å². The number of hydrogen-bond donors (Lipinski definition) is 6. The van der Waals surface area contributed by atoms with Gasteiger partial charge < -0.3 is 54.9 Å². The summed E-state index contributed by atoms with van der Waals surface area (Å²) in [4.78, 5) is 44.8. The predicted octanol–water partition coefficient (Wildman–Crippen LogP) is -1.95. The smallest absolute Gasteiger partial charge is 0.325 e. The van der Waals surface area contributed by atoms with Gasteiger partial charge in [-0.15, -0.1) is 0 Å². The van der Waals surface area contributed by atoms with Gasteiger partial charge in [0.15, 0.2) is 24.3 Å². The molecular formula is C21H27N9O10P2S2. The average molecular weight is 692 g/mol. The summed E-state index contributed by atoms with van der Waals surface area (Å²) in [5.74, 6) is 0.227. The molecule has 238 valence electrons. The van der Waals surface area contributed by atoms with Crippen LogP contribution in [0.4, 0.5) is 5.69 Å². The summed E-state index contributed by atoms with van der Waals surface area (Å²) in [6, 6.07) is 0.966. The van der Waals surface area contributed by atoms with Crippen LogP contribution in [0, 0.1) is 0 Å². The number of amidine groups is 1. The van der Waals surface area contributed by atoms with Gasteiger partial charge in [-0.2, -0.15) is 0 Å². The summed E-state index contributed by atoms with van der Waals surface area (Å²) in [5, 5.41) is 22.5. The Bertz CT molecular complexity index is 1650. The fourth-order valence-electron chi connectivity index (χ4n) is 5.57. The Hall–Kier alpha value is -2.07. The van der Waals surface area contributed by atoms with Crippen LogP contribution in [0.3, 0.4) is 0 Å². The molecule has 0 spiro atoms. The molecule has 2 bridgehead atoms. The van der Waals surface area contributed by atoms with E-state index in [0.717, 1.165) is 0 Å². The van der Waals surface area contributed by atoms with Crippen LogP contribution in [0.1, 0.15) is 6.23 Å². The van der Waals surface area contributed by atoms with Crippen molar-refractivity contribution in [1.29, 1.82) is 0 Å². The van der Waals surface area contributed by atoms with Gasteiger partial charge in [-0.05, 0) is 29.7 Å². The number of nitrogen functional groups attached to an aromatic ring is 1. The molecule has 0 aliphatic carbocycles. The van der Waals surface area contributed by atoms with Crippen molar-refractivity contribution in [3.8, 4) is 0 Å². The minimum absolute atomic E-state index is 0.227. The molecule has 7 rings (SSSR count). The molecule has 3 fully saturated rings. The standard InChI is InChI=1S/C21H27N9O10P2S2/c22-8-1-2-24-18-11(8)27-6-29(18)20-14(32)15-10(38-20)4-36-42(34,44)40-16-13(31)9(3-35-41(33,43)39-15)37-21(16)30-7-28-12-17(23)25-5-26-19(12)30/h1-2,5-7,9-10,12-16,19-21,31-32H,3-4H2,(H2,22,24)(H,33,43)(H,34,44)(H2,23,25,26). The molecule has 0 radical (unpaired) electrons. The van der Waals surface area contributed by atoms with Gasteiger partial charge in [0, 0.05) is 6.20 Å². The van der Waals surface area contributed by atoms with E-state index >= 15 is 0 Å². The van der Waals surface area contributed by atoms with Crippen molar-refractivity contribution in [2.24, 2.45) is 20.7 Å². The van der Waals surface area contributed by atoms with Gasteiger partial charge in [0.2, 0.25) is 0 Å². The molecule has 8 N–H and O–H groups in total. The van der Waals surface area contributed by atoms with E-state index in [4.69, 9.17) is 62.6 Å². The summed E-state index contributed by atoms with van der Waals surface area (Å²) in [6.45, 7) is -9.19. The van der Waals surface area contributed by atoms with Crippen LogP contribution in [-0.4, -0.2) is 126 Å². The number of ether oxygens (including phenoxy) is 2. The Kier molecular flexibility index (Phi) is 7.87. The minimum Gasteiger partial charge on any atom is -0.397 e. The Labute approximate surface area is 258 Å². The Morgan fingerprint density at radius 3 is 2.39 bits per heavy atom. The third-order valence-electron chi connectivity index (χ3n) is 7.67. The maximum Gasteiger partial charge on any atom is 0.325 e. The van der Waals surface area contributed by atoms with E-state index in [1.165, 1.54) is 34.7 Å². The van der Waals surface area contributed by atoms with Crippen LogP contribution in [-0.2, 0) is 51.2 Å². The molecular weight excluding hydrogens is 664 g/mol. The lowest BCUT2D eigenvalue weighted by atomic mass is 10.1. The highest BCUT2D eigenvalue weighted by molar-refractivity contribution is 8.07. The lowest BCUT2D eigenvalue weighted by molar-refractivity contribution is -0.0798. The lowest BCUT2D eigenvalue weighted by Crippen LogP contribution is -2.51. The molecule has 7 heterocycles. The molecule has 5 aliphatic heterocycles. The Morgan fingerprint density at radius 2 is 1.61 bits per heavy atom. The molecule has 0 aromatic carbocycles. The molecule has 44 heavy (non-hydrogen) atoms. The number of aliphatic imine (C=N–C) groups is 3. The molecule has 12 unspecified atom stereocenters. The number of nitrogens with zero attached hydrogens (tertiary/aromatic N) is 7. The zero-order chi connectivity index (χ0) is 31.0. The topological polar surface area (TPSA) is 259 Å². The molecule has 3 saturated heterocycles. The second kappa shape index (κ2) is 11.3. The quantitative estimate of drug-likeness (QED) is 0.187. The summed E-state index contributed by atoms with van der Waals surface area (Å²) < 4.78 is 36.3. The van der Waals surface area contributed by atoms with Crippen molar-refractivity contribution in [3.05, 3.63) is 18.6 Å². The van der Waals surface area contributed by atoms with Gasteiger partial charge in [-0.1, -0.05) is 0 Å². The number of anilines is 1. The van der Waals surface area contributed by atoms with E-state index in [2.05, 4.69) is 24.9 Å². The molecule has 0 amide bonds. The number of imidazole rings is 1. The van der Waals surface area contributed by atoms with Crippen molar-refractivity contribution in [3.63, 3.8) is 0 Å². The number of rotatable bonds is 2. The van der Waals surface area contributed by atoms with Crippen molar-refractivity contribution < 1.29 is 47.6 Å². The highest BCUT2D eigenvalue weighted by atomic mass is 32.5. The van der Waals surface area contributed by atoms with Crippen LogP contribution in [0.15, 0.2) is 33.6 Å². The van der Waals surface area contributed by atoms with Crippen LogP contribution in [0.25, 0.3) is 11.2 Å². The number of aromatic nitrogens is 3.